The number of halogens is 3. The van der Waals surface area contributed by atoms with Crippen molar-refractivity contribution in [3.8, 4) is 23.4 Å². The third kappa shape index (κ3) is 5.61. The van der Waals surface area contributed by atoms with E-state index in [4.69, 9.17) is 10.5 Å². The average Bonchev–Trinajstić information content (AvgIpc) is 3.39. The molecule has 1 saturated heterocycles. The fraction of sp³-hybridized carbons (Fsp3) is 0.269. The Morgan fingerprint density at radius 1 is 1.03 bits per heavy atom. The number of hydrogen-bond acceptors (Lipinski definition) is 6. The summed E-state index contributed by atoms with van der Waals surface area (Å²) in [5, 5.41) is 20.7. The van der Waals surface area contributed by atoms with Gasteiger partial charge in [-0.25, -0.2) is 9.97 Å². The molecule has 0 unspecified atom stereocenters. The first-order valence-corrected chi connectivity index (χ1v) is 11.3. The van der Waals surface area contributed by atoms with E-state index in [0.717, 1.165) is 5.56 Å². The van der Waals surface area contributed by atoms with Gasteiger partial charge in [0.15, 0.2) is 0 Å². The van der Waals surface area contributed by atoms with Gasteiger partial charge in [-0.3, -0.25) is 4.79 Å². The predicted octanol–water partition coefficient (Wildman–Crippen LogP) is 4.23. The first-order chi connectivity index (χ1) is 17.3. The fourth-order valence-electron chi connectivity index (χ4n) is 4.08. The van der Waals surface area contributed by atoms with Crippen molar-refractivity contribution in [2.45, 2.75) is 31.5 Å². The van der Waals surface area contributed by atoms with Gasteiger partial charge in [0.05, 0.1) is 29.0 Å². The van der Waals surface area contributed by atoms with Crippen LogP contribution in [0.5, 0.6) is 0 Å². The van der Waals surface area contributed by atoms with Crippen LogP contribution in [0.2, 0.25) is 0 Å². The molecule has 2 heterocycles. The lowest BCUT2D eigenvalue weighted by molar-refractivity contribution is -0.144. The highest BCUT2D eigenvalue weighted by Gasteiger charge is 2.38. The summed E-state index contributed by atoms with van der Waals surface area (Å²) in [5.41, 5.74) is 2.35. The molecular weight excluding hydrogens is 469 g/mol. The zero-order valence-electron chi connectivity index (χ0n) is 19.1. The topological polar surface area (TPSA) is 106 Å². The molecule has 1 aliphatic rings. The highest BCUT2D eigenvalue weighted by Crippen LogP contribution is 2.33. The van der Waals surface area contributed by atoms with Crippen LogP contribution < -0.4 is 10.2 Å². The van der Waals surface area contributed by atoms with Gasteiger partial charge in [0, 0.05) is 24.7 Å². The number of carbonyl (C=O) groups is 1. The van der Waals surface area contributed by atoms with Crippen molar-refractivity contribution in [3.05, 3.63) is 77.1 Å². The summed E-state index contributed by atoms with van der Waals surface area (Å²) in [6.07, 6.45) is -3.10. The van der Waals surface area contributed by atoms with Crippen molar-refractivity contribution in [2.75, 3.05) is 18.0 Å². The second kappa shape index (κ2) is 10.4. The molecule has 1 amide bonds. The van der Waals surface area contributed by atoms with E-state index in [2.05, 4.69) is 15.3 Å². The Hall–Kier alpha value is -4.44. The number of amides is 1. The van der Waals surface area contributed by atoms with E-state index >= 15 is 0 Å². The van der Waals surface area contributed by atoms with Crippen LogP contribution in [0.25, 0.3) is 11.3 Å². The van der Waals surface area contributed by atoms with Gasteiger partial charge in [-0.05, 0) is 49.1 Å². The van der Waals surface area contributed by atoms with Gasteiger partial charge in [0.1, 0.15) is 11.9 Å². The predicted molar refractivity (Wildman–Crippen MR) is 125 cm³/mol. The zero-order valence-corrected chi connectivity index (χ0v) is 19.1. The van der Waals surface area contributed by atoms with E-state index in [-0.39, 0.29) is 17.4 Å². The third-order valence-corrected chi connectivity index (χ3v) is 5.92. The zero-order chi connectivity index (χ0) is 25.7. The smallest absolute Gasteiger partial charge is 0.354 e. The van der Waals surface area contributed by atoms with Crippen molar-refractivity contribution in [3.63, 3.8) is 0 Å². The van der Waals surface area contributed by atoms with E-state index in [9.17, 15) is 18.0 Å². The van der Waals surface area contributed by atoms with Crippen LogP contribution in [0.15, 0.2) is 54.6 Å². The number of hydrogen-bond donors (Lipinski definition) is 1. The lowest BCUT2D eigenvalue weighted by Gasteiger charge is -2.26. The van der Waals surface area contributed by atoms with Gasteiger partial charge >= 0.3 is 6.18 Å². The van der Waals surface area contributed by atoms with E-state index < -0.39 is 18.0 Å². The second-order valence-electron chi connectivity index (χ2n) is 8.32. The van der Waals surface area contributed by atoms with Gasteiger partial charge < -0.3 is 10.2 Å². The second-order valence-corrected chi connectivity index (χ2v) is 8.32. The van der Waals surface area contributed by atoms with Crippen molar-refractivity contribution < 1.29 is 18.0 Å². The van der Waals surface area contributed by atoms with Crippen LogP contribution in [0.4, 0.5) is 19.0 Å². The molecule has 7 nitrogen and oxygen atoms in total. The summed E-state index contributed by atoms with van der Waals surface area (Å²) < 4.78 is 40.9. The van der Waals surface area contributed by atoms with E-state index in [1.807, 2.05) is 24.3 Å². The molecule has 4 rings (SSSR count). The summed E-state index contributed by atoms with van der Waals surface area (Å²) in [5.74, 6) is -1.54. The largest absolute Gasteiger partial charge is 0.451 e. The lowest BCUT2D eigenvalue weighted by Crippen LogP contribution is -2.44. The number of nitrogens with one attached hydrogen (secondary N) is 1. The van der Waals surface area contributed by atoms with Crippen LogP contribution in [-0.2, 0) is 17.4 Å². The molecule has 0 aliphatic carbocycles. The number of benzene rings is 2. The fourth-order valence-corrected chi connectivity index (χ4v) is 4.08. The maximum absolute atomic E-state index is 13.6. The van der Waals surface area contributed by atoms with Crippen molar-refractivity contribution in [1.29, 1.82) is 10.5 Å². The molecule has 0 saturated carbocycles. The summed E-state index contributed by atoms with van der Waals surface area (Å²) in [7, 11) is 0. The molecule has 1 aliphatic heterocycles. The number of nitriles is 2. The monoisotopic (exact) mass is 490 g/mol. The molecule has 1 fully saturated rings. The Morgan fingerprint density at radius 3 is 2.28 bits per heavy atom. The molecule has 36 heavy (non-hydrogen) atoms. The lowest BCUT2D eigenvalue weighted by atomic mass is 10.1. The van der Waals surface area contributed by atoms with Crippen LogP contribution in [0.1, 0.15) is 35.4 Å². The van der Waals surface area contributed by atoms with Crippen LogP contribution >= 0.6 is 0 Å². The molecule has 0 bridgehead atoms. The standard InChI is InChI=1S/C26H21F3N6O/c27-26(28,29)25-33-21(20-9-7-19(16-31)8-10-20)14-23(34-25)35-13-1-2-22(35)24(36)32-12-11-17-3-5-18(15-30)6-4-17/h3-10,14,22H,1-2,11-13H2,(H,32,36)/t22-/m0/s1. The Labute approximate surface area is 205 Å². The minimum absolute atomic E-state index is 0.0291. The highest BCUT2D eigenvalue weighted by molar-refractivity contribution is 5.85. The van der Waals surface area contributed by atoms with E-state index in [1.165, 1.54) is 30.3 Å². The highest BCUT2D eigenvalue weighted by atomic mass is 19.4. The Kier molecular flexibility index (Phi) is 7.16. The average molecular weight is 490 g/mol. The Balaban J connectivity index is 1.53. The molecule has 1 atom stereocenters. The van der Waals surface area contributed by atoms with Crippen LogP contribution in [0, 0.1) is 22.7 Å². The molecule has 0 spiro atoms. The quantitative estimate of drug-likeness (QED) is 0.554. The maximum atomic E-state index is 13.6. The van der Waals surface area contributed by atoms with Crippen molar-refractivity contribution >= 4 is 11.7 Å². The molecule has 182 valence electrons. The first-order valence-electron chi connectivity index (χ1n) is 11.3. The summed E-state index contributed by atoms with van der Waals surface area (Å²) in [6.45, 7) is 0.734. The molecule has 1 aromatic heterocycles. The summed E-state index contributed by atoms with van der Waals surface area (Å²) in [4.78, 5) is 22.0. The van der Waals surface area contributed by atoms with Gasteiger partial charge in [-0.1, -0.05) is 24.3 Å². The number of alkyl halides is 3. The van der Waals surface area contributed by atoms with Crippen LogP contribution in [0.3, 0.4) is 0 Å². The Morgan fingerprint density at radius 2 is 1.67 bits per heavy atom. The number of anilines is 1. The van der Waals surface area contributed by atoms with Crippen LogP contribution in [-0.4, -0.2) is 35.0 Å². The molecule has 2 aromatic carbocycles. The number of carbonyl (C=O) groups excluding carboxylic acids is 1. The van der Waals surface area contributed by atoms with Gasteiger partial charge in [0.25, 0.3) is 0 Å². The minimum Gasteiger partial charge on any atom is -0.354 e. The molecule has 10 heteroatoms. The summed E-state index contributed by atoms with van der Waals surface area (Å²) >= 11 is 0. The van der Waals surface area contributed by atoms with E-state index in [0.29, 0.717) is 49.0 Å². The SMILES string of the molecule is N#Cc1ccc(CCNC(=O)[C@@H]2CCCN2c2cc(-c3ccc(C#N)cc3)nc(C(F)(F)F)n2)cc1. The maximum Gasteiger partial charge on any atom is 0.451 e. The number of nitrogens with zero attached hydrogens (tertiary/aromatic N) is 5. The van der Waals surface area contributed by atoms with Gasteiger partial charge in [-0.15, -0.1) is 0 Å². The van der Waals surface area contributed by atoms with Gasteiger partial charge in [0.2, 0.25) is 11.7 Å². The number of aromatic nitrogens is 2. The van der Waals surface area contributed by atoms with Crippen molar-refractivity contribution in [1.82, 2.24) is 15.3 Å². The molecule has 1 N–H and O–H groups in total. The minimum atomic E-state index is -4.77. The molecular formula is C26H21F3N6O. The Bertz CT molecular complexity index is 1320. The van der Waals surface area contributed by atoms with Gasteiger partial charge in [-0.2, -0.15) is 23.7 Å². The molecule has 0 radical (unpaired) electrons. The normalized spacial score (nSPS) is 15.2. The molecule has 3 aromatic rings. The van der Waals surface area contributed by atoms with Crippen molar-refractivity contribution in [2.24, 2.45) is 0 Å². The third-order valence-electron chi connectivity index (χ3n) is 5.92. The van der Waals surface area contributed by atoms with E-state index in [1.54, 1.807) is 17.0 Å². The number of rotatable bonds is 6. The summed E-state index contributed by atoms with van der Waals surface area (Å²) in [6, 6.07) is 17.9. The first kappa shape index (κ1) is 24.7.